The Bertz CT molecular complexity index is 1300. The second-order valence-electron chi connectivity index (χ2n) is 10.3. The van der Waals surface area contributed by atoms with Gasteiger partial charge in [-0.15, -0.1) is 0 Å². The van der Waals surface area contributed by atoms with Gasteiger partial charge in [0, 0.05) is 18.2 Å². The number of amides is 2. The molecule has 0 saturated carbocycles. The molecule has 230 valence electrons. The Balaban J connectivity index is 1.32. The van der Waals surface area contributed by atoms with Gasteiger partial charge in [0.1, 0.15) is 19.0 Å². The van der Waals surface area contributed by atoms with Gasteiger partial charge in [-0.1, -0.05) is 60.7 Å². The first-order chi connectivity index (χ1) is 20.6. The average Bonchev–Trinajstić information content (AvgIpc) is 3.00. The Morgan fingerprint density at radius 2 is 1.67 bits per heavy atom. The molecule has 1 heterocycles. The van der Waals surface area contributed by atoms with E-state index in [-0.39, 0.29) is 25.4 Å². The number of halogens is 4. The summed E-state index contributed by atoms with van der Waals surface area (Å²) >= 11 is 0. The lowest BCUT2D eigenvalue weighted by Crippen LogP contribution is -2.49. The third kappa shape index (κ3) is 9.77. The number of aryl methyl sites for hydroxylation is 1. The minimum atomic E-state index is -4.53. The summed E-state index contributed by atoms with van der Waals surface area (Å²) in [5.41, 5.74) is 9.34. The lowest BCUT2D eigenvalue weighted by Gasteiger charge is -2.30. The van der Waals surface area contributed by atoms with Gasteiger partial charge in [-0.05, 0) is 47.7 Å². The highest BCUT2D eigenvalue weighted by Crippen LogP contribution is 2.29. The van der Waals surface area contributed by atoms with Gasteiger partial charge >= 0.3 is 12.3 Å². The predicted octanol–water partition coefficient (Wildman–Crippen LogP) is 4.50. The maximum Gasteiger partial charge on any atom is 0.407 e. The molecule has 0 aromatic heterocycles. The van der Waals surface area contributed by atoms with Crippen LogP contribution in [0.5, 0.6) is 0 Å². The molecule has 0 radical (unpaired) electrons. The first-order valence-electron chi connectivity index (χ1n) is 13.9. The fraction of sp³-hybridized carbons (Fsp3) is 0.355. The van der Waals surface area contributed by atoms with Gasteiger partial charge in [0.2, 0.25) is 5.91 Å². The summed E-state index contributed by atoms with van der Waals surface area (Å²) in [6.07, 6.45) is -5.08. The summed E-state index contributed by atoms with van der Waals surface area (Å²) in [6, 6.07) is 21.9. The maximum atomic E-state index is 14.2. The molecule has 0 aliphatic carbocycles. The molecule has 0 unspecified atom stereocenters. The van der Waals surface area contributed by atoms with Crippen LogP contribution in [0.15, 0.2) is 78.9 Å². The number of nitrogens with two attached hydrogens (primary N) is 1. The highest BCUT2D eigenvalue weighted by molar-refractivity contribution is 5.96. The van der Waals surface area contributed by atoms with Crippen molar-refractivity contribution in [3.8, 4) is 0 Å². The van der Waals surface area contributed by atoms with Crippen molar-refractivity contribution >= 4 is 17.7 Å². The fourth-order valence-corrected chi connectivity index (χ4v) is 4.86. The standard InChI is InChI=1S/C31H34F4N4O4/c32-23-12-14-26(39-29(40)28(36)27(20-7-3-1-4-8-20)21-9-5-2-6-10-21)22(15-23)11-13-25-16-37-24(17-42-25)18-43-30(41)38-19-31(33,34)35/h1-10,12,14-15,24-25,27-28,37H,11,13,16-19,36H2,(H,38,41)(H,39,40)/t24-,25+,28-/m0/s1. The Hall–Kier alpha value is -4.00. The molecule has 3 aromatic rings. The van der Waals surface area contributed by atoms with Crippen molar-refractivity contribution in [3.63, 3.8) is 0 Å². The largest absolute Gasteiger partial charge is 0.448 e. The van der Waals surface area contributed by atoms with Crippen molar-refractivity contribution in [2.45, 2.75) is 43.1 Å². The van der Waals surface area contributed by atoms with E-state index in [0.717, 1.165) is 11.1 Å². The monoisotopic (exact) mass is 602 g/mol. The van der Waals surface area contributed by atoms with E-state index < -0.39 is 42.5 Å². The van der Waals surface area contributed by atoms with Crippen molar-refractivity contribution < 1.29 is 36.6 Å². The zero-order valence-electron chi connectivity index (χ0n) is 23.3. The fourth-order valence-electron chi connectivity index (χ4n) is 4.86. The van der Waals surface area contributed by atoms with Crippen LogP contribution in [0, 0.1) is 5.82 Å². The number of nitrogens with one attached hydrogen (secondary N) is 3. The molecule has 0 spiro atoms. The molecule has 43 heavy (non-hydrogen) atoms. The minimum absolute atomic E-state index is 0.163. The van der Waals surface area contributed by atoms with Crippen molar-refractivity contribution in [2.24, 2.45) is 5.73 Å². The quantitative estimate of drug-likeness (QED) is 0.241. The molecule has 4 rings (SSSR count). The number of carbonyl (C=O) groups excluding carboxylic acids is 2. The number of benzene rings is 3. The summed E-state index contributed by atoms with van der Waals surface area (Å²) in [7, 11) is 0. The number of carbonyl (C=O) groups is 2. The molecular formula is C31H34F4N4O4. The second kappa shape index (κ2) is 14.9. The summed E-state index contributed by atoms with van der Waals surface area (Å²) in [4.78, 5) is 24.9. The molecule has 3 aromatic carbocycles. The van der Waals surface area contributed by atoms with Crippen LogP contribution in [0.25, 0.3) is 0 Å². The molecule has 2 amide bonds. The Morgan fingerprint density at radius 3 is 2.26 bits per heavy atom. The maximum absolute atomic E-state index is 14.2. The minimum Gasteiger partial charge on any atom is -0.448 e. The normalized spacial score (nSPS) is 17.7. The topological polar surface area (TPSA) is 115 Å². The van der Waals surface area contributed by atoms with E-state index in [4.69, 9.17) is 15.2 Å². The number of rotatable bonds is 11. The van der Waals surface area contributed by atoms with Gasteiger partial charge in [-0.3, -0.25) is 4.79 Å². The SMILES string of the molecule is N[C@H](C(=O)Nc1ccc(F)cc1CC[C@@H]1CN[C@H](COC(=O)NCC(F)(F)F)CO1)C(c1ccccc1)c1ccccc1. The Morgan fingerprint density at radius 1 is 1.02 bits per heavy atom. The molecule has 1 aliphatic heterocycles. The molecular weight excluding hydrogens is 568 g/mol. The molecule has 3 atom stereocenters. The van der Waals surface area contributed by atoms with Crippen molar-refractivity contribution in [2.75, 3.05) is 31.6 Å². The lowest BCUT2D eigenvalue weighted by atomic mass is 9.85. The molecule has 8 nitrogen and oxygen atoms in total. The number of ether oxygens (including phenoxy) is 2. The third-order valence-electron chi connectivity index (χ3n) is 7.06. The molecule has 12 heteroatoms. The van der Waals surface area contributed by atoms with Crippen LogP contribution >= 0.6 is 0 Å². The summed E-state index contributed by atoms with van der Waals surface area (Å²) in [5.74, 6) is -1.27. The van der Waals surface area contributed by atoms with Crippen LogP contribution in [0.3, 0.4) is 0 Å². The highest BCUT2D eigenvalue weighted by atomic mass is 19.4. The van der Waals surface area contributed by atoms with Crippen molar-refractivity contribution in [3.05, 3.63) is 101 Å². The first kappa shape index (κ1) is 31.9. The van der Waals surface area contributed by atoms with Gasteiger partial charge in [0.15, 0.2) is 0 Å². The smallest absolute Gasteiger partial charge is 0.407 e. The lowest BCUT2D eigenvalue weighted by molar-refractivity contribution is -0.124. The summed E-state index contributed by atoms with van der Waals surface area (Å²) in [6.45, 7) is -1.09. The highest BCUT2D eigenvalue weighted by Gasteiger charge is 2.30. The third-order valence-corrected chi connectivity index (χ3v) is 7.06. The molecule has 1 saturated heterocycles. The van der Waals surface area contributed by atoms with E-state index in [1.165, 1.54) is 18.2 Å². The molecule has 1 aliphatic rings. The van der Waals surface area contributed by atoms with E-state index in [9.17, 15) is 27.2 Å². The van der Waals surface area contributed by atoms with Gasteiger partial charge < -0.3 is 31.2 Å². The zero-order chi connectivity index (χ0) is 30.8. The van der Waals surface area contributed by atoms with Crippen LogP contribution in [0.2, 0.25) is 0 Å². The van der Waals surface area contributed by atoms with Crippen molar-refractivity contribution in [1.82, 2.24) is 10.6 Å². The second-order valence-corrected chi connectivity index (χ2v) is 10.3. The van der Waals surface area contributed by atoms with E-state index >= 15 is 0 Å². The number of hydrogen-bond donors (Lipinski definition) is 4. The van der Waals surface area contributed by atoms with E-state index in [1.807, 2.05) is 60.7 Å². The number of alkyl halides is 3. The number of morpholine rings is 1. The van der Waals surface area contributed by atoms with E-state index in [0.29, 0.717) is 30.6 Å². The Kier molecular flexibility index (Phi) is 11.1. The predicted molar refractivity (Wildman–Crippen MR) is 153 cm³/mol. The van der Waals surface area contributed by atoms with E-state index in [2.05, 4.69) is 10.6 Å². The van der Waals surface area contributed by atoms with Gasteiger partial charge in [0.25, 0.3) is 0 Å². The molecule has 5 N–H and O–H groups in total. The number of hydrogen-bond acceptors (Lipinski definition) is 6. The summed E-state index contributed by atoms with van der Waals surface area (Å²) in [5, 5.41) is 7.66. The number of anilines is 1. The Labute approximate surface area is 246 Å². The number of alkyl carbamates (subject to hydrolysis) is 1. The zero-order valence-corrected chi connectivity index (χ0v) is 23.3. The summed E-state index contributed by atoms with van der Waals surface area (Å²) < 4.78 is 61.5. The molecule has 1 fully saturated rings. The van der Waals surface area contributed by atoms with Crippen LogP contribution in [-0.4, -0.2) is 62.7 Å². The van der Waals surface area contributed by atoms with Gasteiger partial charge in [-0.25, -0.2) is 9.18 Å². The average molecular weight is 603 g/mol. The van der Waals surface area contributed by atoms with Gasteiger partial charge in [-0.2, -0.15) is 13.2 Å². The molecule has 0 bridgehead atoms. The van der Waals surface area contributed by atoms with Gasteiger partial charge in [0.05, 0.1) is 24.8 Å². The van der Waals surface area contributed by atoms with Crippen LogP contribution in [0.1, 0.15) is 29.0 Å². The van der Waals surface area contributed by atoms with Crippen LogP contribution in [-0.2, 0) is 20.7 Å². The van der Waals surface area contributed by atoms with Crippen LogP contribution < -0.4 is 21.7 Å². The van der Waals surface area contributed by atoms with Crippen LogP contribution in [0.4, 0.5) is 28.0 Å². The van der Waals surface area contributed by atoms with Crippen molar-refractivity contribution in [1.29, 1.82) is 0 Å². The first-order valence-corrected chi connectivity index (χ1v) is 13.9. The van der Waals surface area contributed by atoms with E-state index in [1.54, 1.807) is 5.32 Å².